The first kappa shape index (κ1) is 16.9. The zero-order valence-electron chi connectivity index (χ0n) is 14.9. The highest BCUT2D eigenvalue weighted by Gasteiger charge is 2.21. The summed E-state index contributed by atoms with van der Waals surface area (Å²) >= 11 is 0. The number of aliphatic imine (C=N–C) groups is 2. The third kappa shape index (κ3) is 4.15. The molecule has 4 rings (SSSR count). The van der Waals surface area contributed by atoms with Gasteiger partial charge in [0.25, 0.3) is 0 Å². The van der Waals surface area contributed by atoms with Crippen LogP contribution in [0.1, 0.15) is 64.2 Å². The number of nitrogens with zero attached hydrogens (tertiary/aromatic N) is 5. The summed E-state index contributed by atoms with van der Waals surface area (Å²) in [5.41, 5.74) is 3.76. The minimum atomic E-state index is 0.276. The fourth-order valence-electron chi connectivity index (χ4n) is 3.45. The molecular formula is C19H24N5O2+. The van der Waals surface area contributed by atoms with Gasteiger partial charge < -0.3 is 0 Å². The average molecular weight is 354 g/mol. The Balaban J connectivity index is 1.59. The summed E-state index contributed by atoms with van der Waals surface area (Å²) < 4.78 is 5.50. The first-order valence-corrected chi connectivity index (χ1v) is 9.54. The van der Waals surface area contributed by atoms with E-state index in [4.69, 9.17) is 9.56 Å². The van der Waals surface area contributed by atoms with Gasteiger partial charge in [-0.3, -0.25) is 0 Å². The maximum absolute atomic E-state index is 5.50. The second-order valence-electron chi connectivity index (χ2n) is 6.87. The summed E-state index contributed by atoms with van der Waals surface area (Å²) in [6.45, 7) is 0. The van der Waals surface area contributed by atoms with Crippen LogP contribution < -0.4 is 4.99 Å². The Labute approximate surface area is 152 Å². The van der Waals surface area contributed by atoms with Crippen LogP contribution in [0, 0.1) is 0 Å². The minimum absolute atomic E-state index is 0.276. The summed E-state index contributed by atoms with van der Waals surface area (Å²) in [6, 6.07) is 7.83. The number of fused-ring (bicyclic) bond motifs is 1. The largest absolute Gasteiger partial charge is 0.640 e. The maximum Gasteiger partial charge on any atom is 0.640 e. The SMILES string of the molecule is c1ccc2c(c1)nnn2O[O+]=C(N=C1CCCCC1)N=C1CCCCC1. The van der Waals surface area contributed by atoms with Crippen LogP contribution in [-0.4, -0.2) is 32.6 Å². The highest BCUT2D eigenvalue weighted by Crippen LogP contribution is 2.18. The molecule has 2 aliphatic rings. The second-order valence-corrected chi connectivity index (χ2v) is 6.87. The fraction of sp³-hybridized carbons (Fsp3) is 0.526. The third-order valence-electron chi connectivity index (χ3n) is 4.87. The molecule has 2 aromatic rings. The molecule has 0 radical (unpaired) electrons. The van der Waals surface area contributed by atoms with Crippen molar-refractivity contribution in [3.8, 4) is 0 Å². The van der Waals surface area contributed by atoms with Gasteiger partial charge in [-0.1, -0.05) is 25.0 Å². The number of hydrogen-bond donors (Lipinski definition) is 0. The van der Waals surface area contributed by atoms with Gasteiger partial charge in [0.05, 0.1) is 0 Å². The highest BCUT2D eigenvalue weighted by atomic mass is 17.2. The van der Waals surface area contributed by atoms with Crippen molar-refractivity contribution in [3.05, 3.63) is 24.3 Å². The summed E-state index contributed by atoms with van der Waals surface area (Å²) in [5.74, 6) is 0. The summed E-state index contributed by atoms with van der Waals surface area (Å²) in [7, 11) is 0. The van der Waals surface area contributed by atoms with Crippen LogP contribution in [0.4, 0.5) is 4.58 Å². The van der Waals surface area contributed by atoms with Crippen molar-refractivity contribution in [3.63, 3.8) is 0 Å². The monoisotopic (exact) mass is 354 g/mol. The van der Waals surface area contributed by atoms with Gasteiger partial charge in [-0.25, -0.2) is 0 Å². The number of aromatic nitrogens is 3. The number of benzene rings is 1. The molecule has 2 aliphatic carbocycles. The lowest BCUT2D eigenvalue weighted by atomic mass is 9.98. The molecule has 0 aliphatic heterocycles. The van der Waals surface area contributed by atoms with Crippen LogP contribution in [0.3, 0.4) is 0 Å². The van der Waals surface area contributed by atoms with Crippen molar-refractivity contribution < 1.29 is 9.56 Å². The minimum Gasteiger partial charge on any atom is -0.140 e. The van der Waals surface area contributed by atoms with Crippen LogP contribution in [0.2, 0.25) is 0 Å². The van der Waals surface area contributed by atoms with Crippen LogP contribution >= 0.6 is 0 Å². The van der Waals surface area contributed by atoms with Gasteiger partial charge in [0, 0.05) is 21.3 Å². The molecule has 0 unspecified atom stereocenters. The van der Waals surface area contributed by atoms with E-state index in [9.17, 15) is 0 Å². The molecule has 2 saturated carbocycles. The molecule has 7 heteroatoms. The topological polar surface area (TPSA) is 76.0 Å². The van der Waals surface area contributed by atoms with Gasteiger partial charge in [-0.15, -0.1) is 15.1 Å². The van der Waals surface area contributed by atoms with Crippen molar-refractivity contribution in [1.82, 2.24) is 15.2 Å². The van der Waals surface area contributed by atoms with Gasteiger partial charge in [0.15, 0.2) is 0 Å². The lowest BCUT2D eigenvalue weighted by Crippen LogP contribution is -2.12. The van der Waals surface area contributed by atoms with E-state index in [1.807, 2.05) is 24.3 Å². The van der Waals surface area contributed by atoms with Crippen molar-refractivity contribution in [2.24, 2.45) is 9.98 Å². The van der Waals surface area contributed by atoms with E-state index < -0.39 is 0 Å². The maximum atomic E-state index is 5.50. The summed E-state index contributed by atoms with van der Waals surface area (Å²) in [5, 5.41) is 8.03. The molecule has 1 aromatic heterocycles. The number of urea groups is 1. The Morgan fingerprint density at radius 1 is 0.885 bits per heavy atom. The molecule has 0 spiro atoms. The zero-order chi connectivity index (χ0) is 17.6. The van der Waals surface area contributed by atoms with Gasteiger partial charge in [-0.2, -0.15) is 0 Å². The quantitative estimate of drug-likeness (QED) is 0.460. The molecule has 1 aromatic carbocycles. The predicted molar refractivity (Wildman–Crippen MR) is 101 cm³/mol. The number of amides is 2. The van der Waals surface area contributed by atoms with Crippen molar-refractivity contribution >= 4 is 28.5 Å². The normalized spacial score (nSPS) is 17.8. The van der Waals surface area contributed by atoms with Crippen LogP contribution in [-0.2, 0) is 0 Å². The predicted octanol–water partition coefficient (Wildman–Crippen LogP) is 4.24. The number of hydrogen-bond acceptors (Lipinski definition) is 3. The van der Waals surface area contributed by atoms with E-state index >= 15 is 0 Å². The van der Waals surface area contributed by atoms with E-state index in [0.29, 0.717) is 0 Å². The number of carbonyl (C=O) groups excluding carboxylic acids is 1. The van der Waals surface area contributed by atoms with E-state index in [1.165, 1.54) is 43.4 Å². The van der Waals surface area contributed by atoms with Crippen LogP contribution in [0.25, 0.3) is 11.0 Å². The number of para-hydroxylation sites is 1. The molecular weight excluding hydrogens is 330 g/mol. The first-order chi connectivity index (χ1) is 12.9. The Bertz CT molecular complexity index is 806. The smallest absolute Gasteiger partial charge is 0.140 e. The molecule has 7 nitrogen and oxygen atoms in total. The van der Waals surface area contributed by atoms with Crippen molar-refractivity contribution in [2.45, 2.75) is 64.2 Å². The molecule has 0 saturated heterocycles. The van der Waals surface area contributed by atoms with Gasteiger partial charge in [-0.05, 0) is 68.7 Å². The van der Waals surface area contributed by atoms with Crippen molar-refractivity contribution in [2.75, 3.05) is 0 Å². The third-order valence-corrected chi connectivity index (χ3v) is 4.87. The molecule has 136 valence electrons. The Morgan fingerprint density at radius 2 is 1.50 bits per heavy atom. The summed E-state index contributed by atoms with van der Waals surface area (Å²) in [4.78, 5) is 16.0. The summed E-state index contributed by atoms with van der Waals surface area (Å²) in [6.07, 6.45) is 11.3. The van der Waals surface area contributed by atoms with E-state index in [1.54, 1.807) is 0 Å². The Morgan fingerprint density at radius 3 is 2.15 bits per heavy atom. The van der Waals surface area contributed by atoms with Gasteiger partial charge in [0.1, 0.15) is 15.6 Å². The van der Waals surface area contributed by atoms with Crippen LogP contribution in [0.15, 0.2) is 34.3 Å². The molecule has 26 heavy (non-hydrogen) atoms. The lowest BCUT2D eigenvalue weighted by molar-refractivity contribution is -0.510. The Kier molecular flexibility index (Phi) is 5.33. The lowest BCUT2D eigenvalue weighted by Gasteiger charge is -2.11. The molecule has 0 N–H and O–H groups in total. The Hall–Kier alpha value is -2.57. The molecule has 2 fully saturated rings. The molecule has 1 heterocycles. The second kappa shape index (κ2) is 8.21. The van der Waals surface area contributed by atoms with Gasteiger partial charge >= 0.3 is 6.03 Å². The zero-order valence-corrected chi connectivity index (χ0v) is 14.9. The van der Waals surface area contributed by atoms with Gasteiger partial charge in [0.2, 0.25) is 0 Å². The van der Waals surface area contributed by atoms with Crippen LogP contribution in [0.5, 0.6) is 0 Å². The van der Waals surface area contributed by atoms with E-state index in [2.05, 4.69) is 20.3 Å². The average Bonchev–Trinajstić information content (AvgIpc) is 3.11. The van der Waals surface area contributed by atoms with E-state index in [0.717, 1.165) is 48.1 Å². The van der Waals surface area contributed by atoms with Crippen molar-refractivity contribution in [1.29, 1.82) is 0 Å². The molecule has 0 bridgehead atoms. The fourth-order valence-corrected chi connectivity index (χ4v) is 3.45. The molecule has 0 atom stereocenters. The molecule has 2 amide bonds. The number of rotatable bonds is 2. The first-order valence-electron chi connectivity index (χ1n) is 9.54. The highest BCUT2D eigenvalue weighted by molar-refractivity contribution is 6.01. The standard InChI is InChI=1S/C19H24N5O2/c1-3-9-15(10-4-1)20-19(21-16-11-5-2-6-12-16)25-26-24-18-14-8-7-13-17(18)22-23-24/h7-8,13-14H,1-6,9-12H2/q+1. The van der Waals surface area contributed by atoms with E-state index in [-0.39, 0.29) is 6.03 Å².